The fourth-order valence-electron chi connectivity index (χ4n) is 1.99. The molecule has 0 aromatic heterocycles. The van der Waals surface area contributed by atoms with Crippen molar-refractivity contribution in [2.24, 2.45) is 0 Å². The maximum Gasteiger partial charge on any atom is 0.353 e. The Hall–Kier alpha value is -1.37. The van der Waals surface area contributed by atoms with Crippen molar-refractivity contribution >= 4 is 52.9 Å². The molecule has 0 saturated carbocycles. The van der Waals surface area contributed by atoms with Crippen LogP contribution in [0.4, 0.5) is 0 Å². The van der Waals surface area contributed by atoms with Crippen molar-refractivity contribution in [2.45, 2.75) is 11.4 Å². The highest BCUT2D eigenvalue weighted by Gasteiger charge is 2.54. The van der Waals surface area contributed by atoms with E-state index in [2.05, 4.69) is 5.32 Å². The molecule has 2 atom stereocenters. The van der Waals surface area contributed by atoms with Crippen LogP contribution < -0.4 is 5.32 Å². The number of carbonyl (C=O) groups excluding carboxylic acids is 2. The number of hydrogen-bond acceptors (Lipinski definition) is 6. The molecule has 2 amide bonds. The molecule has 2 heterocycles. The largest absolute Gasteiger partial charge is 0.477 e. The zero-order chi connectivity index (χ0) is 15.6. The first-order chi connectivity index (χ1) is 9.97. The lowest BCUT2D eigenvalue weighted by atomic mass is 10.1. The van der Waals surface area contributed by atoms with Crippen LogP contribution in [0.3, 0.4) is 0 Å². The van der Waals surface area contributed by atoms with Crippen LogP contribution >= 0.6 is 35.1 Å². The molecule has 0 spiro atoms. The van der Waals surface area contributed by atoms with Gasteiger partial charge in [0.1, 0.15) is 17.1 Å². The predicted octanol–water partition coefficient (Wildman–Crippen LogP) is 0.178. The van der Waals surface area contributed by atoms with Crippen molar-refractivity contribution in [3.05, 3.63) is 10.7 Å². The Morgan fingerprint density at radius 1 is 1.62 bits per heavy atom. The summed E-state index contributed by atoms with van der Waals surface area (Å²) in [5.41, 5.74) is -0.213. The molecule has 10 heteroatoms. The summed E-state index contributed by atoms with van der Waals surface area (Å²) in [5.74, 6) is -1.54. The second kappa shape index (κ2) is 6.60. The number of amides is 2. The van der Waals surface area contributed by atoms with Crippen LogP contribution in [0.5, 0.6) is 0 Å². The Bertz CT molecular complexity index is 574. The monoisotopic (exact) mass is 347 g/mol. The van der Waals surface area contributed by atoms with Gasteiger partial charge in [0.25, 0.3) is 5.91 Å². The highest BCUT2D eigenvalue weighted by atomic mass is 35.5. The number of hydrogen-bond donors (Lipinski definition) is 2. The molecule has 0 bridgehead atoms. The molecule has 0 aliphatic carbocycles. The first kappa shape index (κ1) is 16.0. The molecule has 2 N–H and O–H groups in total. The molecule has 21 heavy (non-hydrogen) atoms. The number of carbonyl (C=O) groups is 3. The average molecular weight is 348 g/mol. The highest BCUT2D eigenvalue weighted by Crippen LogP contribution is 2.41. The van der Waals surface area contributed by atoms with Crippen molar-refractivity contribution in [1.82, 2.24) is 10.2 Å². The summed E-state index contributed by atoms with van der Waals surface area (Å²) in [6.07, 6.45) is 0. The molecule has 7 nitrogen and oxygen atoms in total. The number of carboxylic acid groups (broad SMARTS) is 1. The zero-order valence-electron chi connectivity index (χ0n) is 10.5. The summed E-state index contributed by atoms with van der Waals surface area (Å²) in [6, 6.07) is 1.15. The van der Waals surface area contributed by atoms with Gasteiger partial charge in [-0.05, 0) is 0 Å². The van der Waals surface area contributed by atoms with Crippen LogP contribution in [-0.2, 0) is 14.4 Å². The van der Waals surface area contributed by atoms with Crippen LogP contribution in [0, 0.1) is 11.3 Å². The number of halogens is 1. The summed E-state index contributed by atoms with van der Waals surface area (Å²) < 4.78 is 0. The van der Waals surface area contributed by atoms with Crippen LogP contribution in [0.2, 0.25) is 0 Å². The van der Waals surface area contributed by atoms with Gasteiger partial charge in [-0.25, -0.2) is 4.79 Å². The van der Waals surface area contributed by atoms with E-state index in [4.69, 9.17) is 22.0 Å². The van der Waals surface area contributed by atoms with Gasteiger partial charge in [-0.1, -0.05) is 11.6 Å². The Labute approximate surface area is 133 Å². The first-order valence-corrected chi connectivity index (χ1v) is 8.36. The summed E-state index contributed by atoms with van der Waals surface area (Å²) in [7, 11) is 0. The fraction of sp³-hybridized carbons (Fsp3) is 0.455. The lowest BCUT2D eigenvalue weighted by Crippen LogP contribution is -2.70. The van der Waals surface area contributed by atoms with Crippen LogP contribution in [0.25, 0.3) is 0 Å². The molecule has 1 fully saturated rings. The summed E-state index contributed by atoms with van der Waals surface area (Å²) in [6.45, 7) is 0. The van der Waals surface area contributed by atoms with E-state index in [1.54, 1.807) is 0 Å². The second-order valence-corrected chi connectivity index (χ2v) is 6.71. The molecule has 1 unspecified atom stereocenters. The highest BCUT2D eigenvalue weighted by molar-refractivity contribution is 8.00. The van der Waals surface area contributed by atoms with Gasteiger partial charge in [-0.15, -0.1) is 23.5 Å². The van der Waals surface area contributed by atoms with E-state index in [9.17, 15) is 14.4 Å². The number of carboxylic acids is 1. The third kappa shape index (κ3) is 3.12. The second-order valence-electron chi connectivity index (χ2n) is 4.16. The molecule has 112 valence electrons. The number of β-lactam (4-membered cyclic amide) rings is 1. The molecule has 0 aromatic carbocycles. The smallest absolute Gasteiger partial charge is 0.353 e. The standard InChI is InChI=1S/C11H10ClN3O4S2/c12-5-3-21-10-7(14-6(16)4-20-2-1-13)9(17)15(10)8(5)11(18)19/h7,10H,2-4H2,(H,14,16)(H,18,19)/t7?,10-/m1/s1. The minimum atomic E-state index is -1.26. The predicted molar refractivity (Wildman–Crippen MR) is 78.5 cm³/mol. The number of thioether (sulfide) groups is 2. The Kier molecular flexibility index (Phi) is 5.03. The van der Waals surface area contributed by atoms with E-state index in [0.717, 1.165) is 16.7 Å². The molecule has 2 rings (SSSR count). The fourth-order valence-corrected chi connectivity index (χ4v) is 4.00. The van der Waals surface area contributed by atoms with Crippen molar-refractivity contribution < 1.29 is 19.5 Å². The SMILES string of the molecule is N#CCSCC(=O)NC1C(=O)N2C(C(=O)O)=C(Cl)CS[C@H]12. The van der Waals surface area contributed by atoms with E-state index in [1.807, 2.05) is 6.07 Å². The maximum absolute atomic E-state index is 12.0. The summed E-state index contributed by atoms with van der Waals surface area (Å²) in [5, 5.41) is 19.7. The Morgan fingerprint density at radius 2 is 2.33 bits per heavy atom. The van der Waals surface area contributed by atoms with Crippen LogP contribution in [0.1, 0.15) is 0 Å². The van der Waals surface area contributed by atoms with Gasteiger partial charge in [0.05, 0.1) is 22.6 Å². The lowest BCUT2D eigenvalue weighted by molar-refractivity contribution is -0.150. The van der Waals surface area contributed by atoms with Gasteiger partial charge in [-0.3, -0.25) is 14.5 Å². The minimum Gasteiger partial charge on any atom is -0.477 e. The van der Waals surface area contributed by atoms with Crippen molar-refractivity contribution in [2.75, 3.05) is 17.3 Å². The average Bonchev–Trinajstić information content (AvgIpc) is 2.44. The van der Waals surface area contributed by atoms with Crippen molar-refractivity contribution in [3.8, 4) is 6.07 Å². The van der Waals surface area contributed by atoms with E-state index < -0.39 is 23.3 Å². The van der Waals surface area contributed by atoms with E-state index in [0.29, 0.717) is 0 Å². The molecular weight excluding hydrogens is 338 g/mol. The van der Waals surface area contributed by atoms with E-state index in [-0.39, 0.29) is 33.9 Å². The molecule has 0 aromatic rings. The number of nitriles is 1. The normalized spacial score (nSPS) is 24.0. The third-order valence-electron chi connectivity index (χ3n) is 2.84. The third-order valence-corrected chi connectivity index (χ3v) is 5.39. The number of nitrogens with one attached hydrogen (secondary N) is 1. The number of aliphatic carboxylic acids is 1. The maximum atomic E-state index is 12.0. The van der Waals surface area contributed by atoms with Gasteiger partial charge >= 0.3 is 5.97 Å². The summed E-state index contributed by atoms with van der Waals surface area (Å²) >= 11 is 8.29. The van der Waals surface area contributed by atoms with Crippen molar-refractivity contribution in [1.29, 1.82) is 5.26 Å². The summed E-state index contributed by atoms with van der Waals surface area (Å²) in [4.78, 5) is 35.9. The first-order valence-electron chi connectivity index (χ1n) is 5.78. The number of rotatable bonds is 5. The Balaban J connectivity index is 1.99. The van der Waals surface area contributed by atoms with Crippen LogP contribution in [-0.4, -0.2) is 56.5 Å². The van der Waals surface area contributed by atoms with Gasteiger partial charge in [-0.2, -0.15) is 5.26 Å². The van der Waals surface area contributed by atoms with E-state index >= 15 is 0 Å². The number of fused-ring (bicyclic) bond motifs is 1. The number of nitrogens with zero attached hydrogens (tertiary/aromatic N) is 2. The molecule has 2 aliphatic heterocycles. The lowest BCUT2D eigenvalue weighted by Gasteiger charge is -2.48. The molecular formula is C11H10ClN3O4S2. The minimum absolute atomic E-state index is 0.0805. The Morgan fingerprint density at radius 3 is 2.95 bits per heavy atom. The van der Waals surface area contributed by atoms with Crippen molar-refractivity contribution in [3.63, 3.8) is 0 Å². The quantitative estimate of drug-likeness (QED) is 0.539. The topological polar surface area (TPSA) is 111 Å². The van der Waals surface area contributed by atoms with Gasteiger partial charge in [0, 0.05) is 5.75 Å². The van der Waals surface area contributed by atoms with Gasteiger partial charge < -0.3 is 10.4 Å². The van der Waals surface area contributed by atoms with E-state index in [1.165, 1.54) is 11.8 Å². The molecule has 1 saturated heterocycles. The molecule has 0 radical (unpaired) electrons. The molecule has 2 aliphatic rings. The van der Waals surface area contributed by atoms with Gasteiger partial charge in [0.2, 0.25) is 5.91 Å². The van der Waals surface area contributed by atoms with Gasteiger partial charge in [0.15, 0.2) is 0 Å². The van der Waals surface area contributed by atoms with Crippen LogP contribution in [0.15, 0.2) is 10.7 Å². The zero-order valence-corrected chi connectivity index (χ0v) is 12.9.